The maximum atomic E-state index is 11.8. The quantitative estimate of drug-likeness (QED) is 0.772. The zero-order chi connectivity index (χ0) is 13.0. The molecule has 0 saturated heterocycles. The van der Waals surface area contributed by atoms with Crippen LogP contribution in [0.15, 0.2) is 30.3 Å². The van der Waals surface area contributed by atoms with Crippen molar-refractivity contribution < 1.29 is 24.2 Å². The van der Waals surface area contributed by atoms with Crippen molar-refractivity contribution in [2.75, 3.05) is 6.61 Å². The van der Waals surface area contributed by atoms with Gasteiger partial charge in [-0.3, -0.25) is 0 Å². The molecule has 0 unspecified atom stereocenters. The van der Waals surface area contributed by atoms with Crippen LogP contribution in [0.25, 0.3) is 0 Å². The van der Waals surface area contributed by atoms with Gasteiger partial charge in [-0.2, -0.15) is 0 Å². The van der Waals surface area contributed by atoms with E-state index < -0.39 is 24.1 Å². The molecule has 1 aromatic rings. The average Bonchev–Trinajstić information content (AvgIpc) is 3.16. The summed E-state index contributed by atoms with van der Waals surface area (Å²) in [4.78, 5) is 22.2. The van der Waals surface area contributed by atoms with E-state index in [0.717, 1.165) is 5.56 Å². The number of hydrogen-bond acceptors (Lipinski definition) is 4. The van der Waals surface area contributed by atoms with Crippen LogP contribution in [0.3, 0.4) is 0 Å². The summed E-state index contributed by atoms with van der Waals surface area (Å²) in [5, 5.41) is 8.52. The number of ether oxygens (including phenoxy) is 2. The second kappa shape index (κ2) is 5.18. The minimum atomic E-state index is -1.09. The summed E-state index contributed by atoms with van der Waals surface area (Å²) in [7, 11) is 0. The van der Waals surface area contributed by atoms with Gasteiger partial charge in [0.15, 0.2) is 5.60 Å². The van der Waals surface area contributed by atoms with Crippen molar-refractivity contribution in [2.45, 2.75) is 25.0 Å². The Morgan fingerprint density at radius 1 is 1.22 bits per heavy atom. The zero-order valence-electron chi connectivity index (χ0n) is 9.80. The van der Waals surface area contributed by atoms with Crippen molar-refractivity contribution in [1.29, 1.82) is 0 Å². The largest absolute Gasteiger partial charge is 0.480 e. The Balaban J connectivity index is 1.83. The minimum Gasteiger partial charge on any atom is -0.480 e. The van der Waals surface area contributed by atoms with Gasteiger partial charge >= 0.3 is 11.9 Å². The summed E-state index contributed by atoms with van der Waals surface area (Å²) >= 11 is 0. The molecule has 0 spiro atoms. The molecule has 0 aliphatic heterocycles. The lowest BCUT2D eigenvalue weighted by atomic mass is 10.2. The summed E-state index contributed by atoms with van der Waals surface area (Å²) in [6.45, 7) is -0.293. The molecule has 1 N–H and O–H groups in total. The third-order valence-corrected chi connectivity index (χ3v) is 2.76. The number of rotatable bonds is 6. The number of carbonyl (C=O) groups excluding carboxylic acids is 1. The summed E-state index contributed by atoms with van der Waals surface area (Å²) in [6, 6.07) is 9.30. The van der Waals surface area contributed by atoms with Crippen LogP contribution in [-0.2, 0) is 25.7 Å². The first-order valence-corrected chi connectivity index (χ1v) is 5.69. The summed E-state index contributed by atoms with van der Waals surface area (Å²) < 4.78 is 10.2. The molecule has 2 rings (SSSR count). The lowest BCUT2D eigenvalue weighted by molar-refractivity contribution is -0.165. The standard InChI is InChI=1S/C13H14O5/c14-11(15)9-18-13(6-7-13)12(16)17-8-10-4-2-1-3-5-10/h1-5H,6-9H2,(H,14,15). The van der Waals surface area contributed by atoms with Gasteiger partial charge in [-0.15, -0.1) is 0 Å². The van der Waals surface area contributed by atoms with E-state index in [9.17, 15) is 9.59 Å². The van der Waals surface area contributed by atoms with Gasteiger partial charge < -0.3 is 14.6 Å². The third kappa shape index (κ3) is 3.07. The molecule has 1 saturated carbocycles. The molecule has 0 heterocycles. The number of hydrogen-bond donors (Lipinski definition) is 1. The summed E-state index contributed by atoms with van der Waals surface area (Å²) in [5.74, 6) is -1.57. The Bertz CT molecular complexity index is 436. The fraction of sp³-hybridized carbons (Fsp3) is 0.385. The molecule has 0 amide bonds. The highest BCUT2D eigenvalue weighted by Crippen LogP contribution is 2.40. The Morgan fingerprint density at radius 2 is 1.89 bits per heavy atom. The van der Waals surface area contributed by atoms with Gasteiger partial charge in [-0.05, 0) is 18.4 Å². The predicted octanol–water partition coefficient (Wildman–Crippen LogP) is 1.36. The number of carboxylic acids is 1. The fourth-order valence-corrected chi connectivity index (χ4v) is 1.58. The highest BCUT2D eigenvalue weighted by molar-refractivity contribution is 5.83. The molecule has 0 radical (unpaired) electrons. The SMILES string of the molecule is O=C(O)COC1(C(=O)OCc2ccccc2)CC1. The van der Waals surface area contributed by atoms with Crippen molar-refractivity contribution in [3.8, 4) is 0 Å². The molecule has 0 bridgehead atoms. The van der Waals surface area contributed by atoms with Crippen LogP contribution in [0.1, 0.15) is 18.4 Å². The minimum absolute atomic E-state index is 0.178. The van der Waals surface area contributed by atoms with Gasteiger partial charge in [-0.25, -0.2) is 9.59 Å². The van der Waals surface area contributed by atoms with Gasteiger partial charge in [0, 0.05) is 0 Å². The smallest absolute Gasteiger partial charge is 0.338 e. The van der Waals surface area contributed by atoms with E-state index in [1.54, 1.807) is 0 Å². The molecule has 96 valence electrons. The van der Waals surface area contributed by atoms with Gasteiger partial charge in [0.05, 0.1) is 0 Å². The molecule has 0 aromatic heterocycles. The van der Waals surface area contributed by atoms with E-state index in [1.165, 1.54) is 0 Å². The Labute approximate surface area is 104 Å². The van der Waals surface area contributed by atoms with Crippen LogP contribution in [0.2, 0.25) is 0 Å². The van der Waals surface area contributed by atoms with Crippen LogP contribution in [0.5, 0.6) is 0 Å². The van der Waals surface area contributed by atoms with Gasteiger partial charge in [0.1, 0.15) is 13.2 Å². The first-order valence-electron chi connectivity index (χ1n) is 5.69. The molecular weight excluding hydrogens is 236 g/mol. The maximum Gasteiger partial charge on any atom is 0.338 e. The first kappa shape index (κ1) is 12.6. The second-order valence-electron chi connectivity index (χ2n) is 4.24. The Morgan fingerprint density at radius 3 is 2.44 bits per heavy atom. The van der Waals surface area contributed by atoms with Gasteiger partial charge in [-0.1, -0.05) is 30.3 Å². The van der Waals surface area contributed by atoms with Crippen LogP contribution >= 0.6 is 0 Å². The van der Waals surface area contributed by atoms with Crippen molar-refractivity contribution in [3.05, 3.63) is 35.9 Å². The van der Waals surface area contributed by atoms with Crippen molar-refractivity contribution in [1.82, 2.24) is 0 Å². The number of carbonyl (C=O) groups is 2. The summed E-state index contributed by atoms with van der Waals surface area (Å²) in [5.41, 5.74) is -0.132. The van der Waals surface area contributed by atoms with Crippen LogP contribution < -0.4 is 0 Å². The van der Waals surface area contributed by atoms with E-state index in [4.69, 9.17) is 14.6 Å². The van der Waals surface area contributed by atoms with E-state index >= 15 is 0 Å². The zero-order valence-corrected chi connectivity index (χ0v) is 9.80. The lowest BCUT2D eigenvalue weighted by Gasteiger charge is -2.14. The van der Waals surface area contributed by atoms with E-state index in [0.29, 0.717) is 12.8 Å². The molecule has 18 heavy (non-hydrogen) atoms. The number of aliphatic carboxylic acids is 1. The molecular formula is C13H14O5. The first-order chi connectivity index (χ1) is 8.62. The highest BCUT2D eigenvalue weighted by atomic mass is 16.6. The molecule has 1 fully saturated rings. The molecule has 1 aliphatic rings. The number of carboxylic acid groups (broad SMARTS) is 1. The van der Waals surface area contributed by atoms with Crippen LogP contribution in [0, 0.1) is 0 Å². The predicted molar refractivity (Wildman–Crippen MR) is 61.8 cm³/mol. The third-order valence-electron chi connectivity index (χ3n) is 2.76. The monoisotopic (exact) mass is 250 g/mol. The Kier molecular flexibility index (Phi) is 3.62. The molecule has 0 atom stereocenters. The van der Waals surface area contributed by atoms with Crippen molar-refractivity contribution in [2.24, 2.45) is 0 Å². The maximum absolute atomic E-state index is 11.8. The van der Waals surface area contributed by atoms with Crippen LogP contribution in [-0.4, -0.2) is 29.3 Å². The summed E-state index contributed by atoms with van der Waals surface area (Å²) in [6.07, 6.45) is 1.04. The van der Waals surface area contributed by atoms with E-state index in [2.05, 4.69) is 0 Å². The molecule has 5 nitrogen and oxygen atoms in total. The average molecular weight is 250 g/mol. The van der Waals surface area contributed by atoms with Crippen LogP contribution in [0.4, 0.5) is 0 Å². The number of esters is 1. The topological polar surface area (TPSA) is 72.8 Å². The normalized spacial score (nSPS) is 16.0. The lowest BCUT2D eigenvalue weighted by Crippen LogP contribution is -2.30. The van der Waals surface area contributed by atoms with Crippen molar-refractivity contribution >= 4 is 11.9 Å². The Hall–Kier alpha value is -1.88. The number of benzene rings is 1. The van der Waals surface area contributed by atoms with E-state index in [1.807, 2.05) is 30.3 Å². The van der Waals surface area contributed by atoms with Gasteiger partial charge in [0.25, 0.3) is 0 Å². The fourth-order valence-electron chi connectivity index (χ4n) is 1.58. The highest BCUT2D eigenvalue weighted by Gasteiger charge is 2.53. The molecule has 5 heteroatoms. The second-order valence-corrected chi connectivity index (χ2v) is 4.24. The molecule has 1 aromatic carbocycles. The molecule has 1 aliphatic carbocycles. The van der Waals surface area contributed by atoms with Gasteiger partial charge in [0.2, 0.25) is 0 Å². The van der Waals surface area contributed by atoms with Crippen molar-refractivity contribution in [3.63, 3.8) is 0 Å². The van der Waals surface area contributed by atoms with E-state index in [-0.39, 0.29) is 6.61 Å².